The predicted molar refractivity (Wildman–Crippen MR) is 75.0 cm³/mol. The molecule has 2 aliphatic heterocycles. The zero-order valence-corrected chi connectivity index (χ0v) is 11.6. The highest BCUT2D eigenvalue weighted by Crippen LogP contribution is 2.32. The van der Waals surface area contributed by atoms with Crippen molar-refractivity contribution in [1.29, 1.82) is 0 Å². The zero-order valence-electron chi connectivity index (χ0n) is 11.6. The summed E-state index contributed by atoms with van der Waals surface area (Å²) in [5.74, 6) is 1.61. The Kier molecular flexibility index (Phi) is 3.78. The number of hydrogen-bond acceptors (Lipinski definition) is 4. The van der Waals surface area contributed by atoms with E-state index in [0.29, 0.717) is 13.2 Å². The van der Waals surface area contributed by atoms with Gasteiger partial charge in [-0.15, -0.1) is 0 Å². The molecule has 20 heavy (non-hydrogen) atoms. The van der Waals surface area contributed by atoms with Crippen molar-refractivity contribution in [3.05, 3.63) is 23.8 Å². The topological polar surface area (TPSA) is 59.6 Å². The Labute approximate surface area is 118 Å². The maximum Gasteiger partial charge on any atom is 0.237 e. The molecule has 1 amide bonds. The van der Waals surface area contributed by atoms with E-state index in [4.69, 9.17) is 9.47 Å². The highest BCUT2D eigenvalue weighted by atomic mass is 16.6. The van der Waals surface area contributed by atoms with Gasteiger partial charge < -0.3 is 20.1 Å². The van der Waals surface area contributed by atoms with E-state index in [1.807, 2.05) is 25.1 Å². The lowest BCUT2D eigenvalue weighted by Gasteiger charge is -2.22. The van der Waals surface area contributed by atoms with E-state index in [-0.39, 0.29) is 18.0 Å². The molecule has 0 radical (unpaired) electrons. The molecule has 5 nitrogen and oxygen atoms in total. The van der Waals surface area contributed by atoms with Crippen molar-refractivity contribution in [3.8, 4) is 11.5 Å². The second-order valence-electron chi connectivity index (χ2n) is 5.28. The van der Waals surface area contributed by atoms with Gasteiger partial charge in [-0.2, -0.15) is 0 Å². The minimum absolute atomic E-state index is 0.0410. The van der Waals surface area contributed by atoms with Crippen molar-refractivity contribution in [2.24, 2.45) is 0 Å². The smallest absolute Gasteiger partial charge is 0.237 e. The third kappa shape index (κ3) is 2.72. The van der Waals surface area contributed by atoms with Crippen LogP contribution in [-0.2, 0) is 4.79 Å². The molecule has 0 saturated carbocycles. The first-order chi connectivity index (χ1) is 9.74. The van der Waals surface area contributed by atoms with Gasteiger partial charge >= 0.3 is 0 Å². The van der Waals surface area contributed by atoms with Gasteiger partial charge in [0.1, 0.15) is 13.2 Å². The molecule has 1 aromatic rings. The first-order valence-corrected chi connectivity index (χ1v) is 7.17. The zero-order chi connectivity index (χ0) is 13.9. The van der Waals surface area contributed by atoms with Gasteiger partial charge in [-0.05, 0) is 44.0 Å². The van der Waals surface area contributed by atoms with Gasteiger partial charge in [-0.3, -0.25) is 4.79 Å². The van der Waals surface area contributed by atoms with Gasteiger partial charge in [0.25, 0.3) is 0 Å². The normalized spacial score (nSPS) is 22.4. The third-order valence-electron chi connectivity index (χ3n) is 3.80. The average Bonchev–Trinajstić information content (AvgIpc) is 3.01. The maximum absolute atomic E-state index is 12.1. The lowest BCUT2D eigenvalue weighted by atomic mass is 10.1. The summed E-state index contributed by atoms with van der Waals surface area (Å²) in [7, 11) is 0. The molecule has 2 atom stereocenters. The molecule has 0 bridgehead atoms. The van der Waals surface area contributed by atoms with Crippen LogP contribution in [0.25, 0.3) is 0 Å². The number of carbonyl (C=O) groups is 1. The minimum atomic E-state index is -0.0466. The lowest BCUT2D eigenvalue weighted by molar-refractivity contribution is -0.123. The van der Waals surface area contributed by atoms with Gasteiger partial charge in [0, 0.05) is 0 Å². The van der Waals surface area contributed by atoms with Crippen molar-refractivity contribution in [2.75, 3.05) is 19.8 Å². The maximum atomic E-state index is 12.1. The molecule has 3 rings (SSSR count). The van der Waals surface area contributed by atoms with Crippen molar-refractivity contribution in [3.63, 3.8) is 0 Å². The summed E-state index contributed by atoms with van der Waals surface area (Å²) in [6.07, 6.45) is 1.98. The number of hydrogen-bond donors (Lipinski definition) is 2. The van der Waals surface area contributed by atoms with Crippen LogP contribution in [0.4, 0.5) is 0 Å². The van der Waals surface area contributed by atoms with E-state index in [0.717, 1.165) is 36.4 Å². The van der Waals surface area contributed by atoms with Crippen LogP contribution in [0.2, 0.25) is 0 Å². The van der Waals surface area contributed by atoms with Crippen LogP contribution in [0.1, 0.15) is 31.4 Å². The molecule has 2 N–H and O–H groups in total. The summed E-state index contributed by atoms with van der Waals surface area (Å²) in [5.41, 5.74) is 1.03. The van der Waals surface area contributed by atoms with E-state index < -0.39 is 0 Å². The predicted octanol–water partition coefficient (Wildman–Crippen LogP) is 1.39. The summed E-state index contributed by atoms with van der Waals surface area (Å²) in [6.45, 7) is 4.07. The molecule has 0 aliphatic carbocycles. The Hall–Kier alpha value is -1.75. The number of amides is 1. The molecule has 1 fully saturated rings. The summed E-state index contributed by atoms with van der Waals surface area (Å²) in [4.78, 5) is 12.1. The van der Waals surface area contributed by atoms with E-state index in [9.17, 15) is 4.79 Å². The fraction of sp³-hybridized carbons (Fsp3) is 0.533. The van der Waals surface area contributed by atoms with Gasteiger partial charge in [-0.1, -0.05) is 6.07 Å². The first-order valence-electron chi connectivity index (χ1n) is 7.17. The highest BCUT2D eigenvalue weighted by Gasteiger charge is 2.23. The summed E-state index contributed by atoms with van der Waals surface area (Å²) < 4.78 is 11.1. The molecule has 2 aliphatic rings. The summed E-state index contributed by atoms with van der Waals surface area (Å²) >= 11 is 0. The molecular formula is C15H20N2O3. The number of rotatable bonds is 3. The van der Waals surface area contributed by atoms with Crippen molar-refractivity contribution < 1.29 is 14.3 Å². The molecular weight excluding hydrogens is 256 g/mol. The fourth-order valence-corrected chi connectivity index (χ4v) is 2.63. The molecule has 5 heteroatoms. The Morgan fingerprint density at radius 2 is 2.15 bits per heavy atom. The van der Waals surface area contributed by atoms with Crippen molar-refractivity contribution in [1.82, 2.24) is 10.6 Å². The van der Waals surface area contributed by atoms with Gasteiger partial charge in [0.15, 0.2) is 11.5 Å². The number of benzene rings is 1. The largest absolute Gasteiger partial charge is 0.486 e. The Bertz CT molecular complexity index is 498. The van der Waals surface area contributed by atoms with Crippen molar-refractivity contribution in [2.45, 2.75) is 31.8 Å². The summed E-state index contributed by atoms with van der Waals surface area (Å²) in [5, 5.41) is 6.25. The molecule has 0 aromatic heterocycles. The monoisotopic (exact) mass is 276 g/mol. The Morgan fingerprint density at radius 1 is 1.35 bits per heavy atom. The summed E-state index contributed by atoms with van der Waals surface area (Å²) in [6, 6.07) is 5.73. The molecule has 1 aromatic carbocycles. The van der Waals surface area contributed by atoms with Crippen LogP contribution in [-0.4, -0.2) is 31.7 Å². The second kappa shape index (κ2) is 5.71. The van der Waals surface area contributed by atoms with E-state index in [1.165, 1.54) is 0 Å². The Balaban J connectivity index is 1.67. The number of ether oxygens (including phenoxy) is 2. The molecule has 2 unspecified atom stereocenters. The van der Waals surface area contributed by atoms with Gasteiger partial charge in [0.2, 0.25) is 5.91 Å². The van der Waals surface area contributed by atoms with Gasteiger partial charge in [-0.25, -0.2) is 0 Å². The van der Waals surface area contributed by atoms with Crippen LogP contribution >= 0.6 is 0 Å². The SMILES string of the molecule is CC(NC(=O)C1CCCN1)c1ccc2c(c1)OCCO2. The van der Waals surface area contributed by atoms with Crippen molar-refractivity contribution >= 4 is 5.91 Å². The molecule has 108 valence electrons. The number of fused-ring (bicyclic) bond motifs is 1. The quantitative estimate of drug-likeness (QED) is 0.876. The fourth-order valence-electron chi connectivity index (χ4n) is 2.63. The number of carbonyl (C=O) groups excluding carboxylic acids is 1. The molecule has 0 spiro atoms. The standard InChI is InChI=1S/C15H20N2O3/c1-10(17-15(18)12-3-2-6-16-12)11-4-5-13-14(9-11)20-8-7-19-13/h4-5,9-10,12,16H,2-3,6-8H2,1H3,(H,17,18). The van der Waals surface area contributed by atoms with Crippen LogP contribution in [0.3, 0.4) is 0 Å². The highest BCUT2D eigenvalue weighted by molar-refractivity contribution is 5.82. The second-order valence-corrected chi connectivity index (χ2v) is 5.28. The number of nitrogens with one attached hydrogen (secondary N) is 2. The lowest BCUT2D eigenvalue weighted by Crippen LogP contribution is -2.41. The first kappa shape index (κ1) is 13.2. The van der Waals surface area contributed by atoms with Gasteiger partial charge in [0.05, 0.1) is 12.1 Å². The van der Waals surface area contributed by atoms with Crippen LogP contribution in [0.15, 0.2) is 18.2 Å². The Morgan fingerprint density at radius 3 is 2.90 bits per heavy atom. The van der Waals surface area contributed by atoms with Crippen LogP contribution < -0.4 is 20.1 Å². The van der Waals surface area contributed by atoms with E-state index in [1.54, 1.807) is 0 Å². The minimum Gasteiger partial charge on any atom is -0.486 e. The van der Waals surface area contributed by atoms with Crippen LogP contribution in [0, 0.1) is 0 Å². The molecule has 1 saturated heterocycles. The van der Waals surface area contributed by atoms with E-state index in [2.05, 4.69) is 10.6 Å². The van der Waals surface area contributed by atoms with Crippen LogP contribution in [0.5, 0.6) is 11.5 Å². The van der Waals surface area contributed by atoms with E-state index >= 15 is 0 Å². The molecule has 2 heterocycles. The third-order valence-corrected chi connectivity index (χ3v) is 3.80. The average molecular weight is 276 g/mol.